The van der Waals surface area contributed by atoms with Gasteiger partial charge >= 0.3 is 0 Å². The Hall–Kier alpha value is -4.90. The van der Waals surface area contributed by atoms with Crippen LogP contribution in [0, 0.1) is 17.1 Å². The van der Waals surface area contributed by atoms with Crippen LogP contribution >= 0.6 is 0 Å². The lowest BCUT2D eigenvalue weighted by molar-refractivity contribution is -0.128. The minimum Gasteiger partial charge on any atom is -0.457 e. The maximum Gasteiger partial charge on any atom is 0.264 e. The van der Waals surface area contributed by atoms with Gasteiger partial charge in [-0.2, -0.15) is 10.4 Å². The van der Waals surface area contributed by atoms with Crippen molar-refractivity contribution in [3.63, 3.8) is 0 Å². The van der Waals surface area contributed by atoms with Crippen LogP contribution in [0.5, 0.6) is 11.5 Å². The first-order chi connectivity index (χ1) is 23.7. The van der Waals surface area contributed by atoms with Gasteiger partial charge in [-0.05, 0) is 57.0 Å². The SMILES string of the molecule is CC(C)(/C=C(/C#N)C(=O)N1CCC[C@H](n2nc(-c3ccc(Oc4ccccc4)cc3F)c3c(N)ncnc32)C1)N1CCN(C2COC2)CC1. The highest BCUT2D eigenvalue weighted by Crippen LogP contribution is 2.36. The number of hydrogen-bond acceptors (Lipinski definition) is 10. The Morgan fingerprint density at radius 1 is 1.06 bits per heavy atom. The Balaban J connectivity index is 1.11. The number of likely N-dealkylation sites (tertiary alicyclic amines) is 1. The van der Waals surface area contributed by atoms with Crippen molar-refractivity contribution < 1.29 is 18.7 Å². The predicted octanol–water partition coefficient (Wildman–Crippen LogP) is 4.42. The van der Waals surface area contributed by atoms with Gasteiger partial charge in [0.1, 0.15) is 46.8 Å². The average Bonchev–Trinajstić information content (AvgIpc) is 3.48. The molecular weight excluding hydrogens is 625 g/mol. The van der Waals surface area contributed by atoms with E-state index in [2.05, 4.69) is 39.7 Å². The van der Waals surface area contributed by atoms with Crippen LogP contribution in [-0.4, -0.2) is 104 Å². The number of benzene rings is 2. The molecule has 7 rings (SSSR count). The number of nitrogens with two attached hydrogens (primary N) is 1. The summed E-state index contributed by atoms with van der Waals surface area (Å²) in [5, 5.41) is 15.4. The van der Waals surface area contributed by atoms with E-state index in [-0.39, 0.29) is 28.9 Å². The Bertz CT molecular complexity index is 1910. The fraction of sp³-hybridized carbons (Fsp3) is 0.417. The Morgan fingerprint density at radius 3 is 2.53 bits per heavy atom. The second-order valence-corrected chi connectivity index (χ2v) is 13.4. The summed E-state index contributed by atoms with van der Waals surface area (Å²) in [5.74, 6) is 0.273. The molecule has 12 nitrogen and oxygen atoms in total. The molecule has 1 amide bonds. The van der Waals surface area contributed by atoms with E-state index >= 15 is 4.39 Å². The van der Waals surface area contributed by atoms with Gasteiger partial charge in [-0.1, -0.05) is 18.2 Å². The topological polar surface area (TPSA) is 139 Å². The van der Waals surface area contributed by atoms with Crippen molar-refractivity contribution in [1.29, 1.82) is 5.26 Å². The van der Waals surface area contributed by atoms with Crippen LogP contribution in [-0.2, 0) is 9.53 Å². The van der Waals surface area contributed by atoms with Crippen molar-refractivity contribution in [2.45, 2.75) is 44.3 Å². The highest BCUT2D eigenvalue weighted by Gasteiger charge is 2.35. The van der Waals surface area contributed by atoms with E-state index in [0.29, 0.717) is 60.2 Å². The first-order valence-corrected chi connectivity index (χ1v) is 16.7. The molecule has 0 saturated carbocycles. The van der Waals surface area contributed by atoms with Gasteiger partial charge < -0.3 is 20.1 Å². The van der Waals surface area contributed by atoms with Crippen LogP contribution in [0.1, 0.15) is 32.7 Å². The van der Waals surface area contributed by atoms with Crippen molar-refractivity contribution in [2.24, 2.45) is 0 Å². The Morgan fingerprint density at radius 2 is 1.84 bits per heavy atom. The highest BCUT2D eigenvalue weighted by atomic mass is 19.1. The molecule has 1 atom stereocenters. The molecule has 5 heterocycles. The summed E-state index contributed by atoms with van der Waals surface area (Å²) < 4.78 is 28.6. The third-order valence-electron chi connectivity index (χ3n) is 9.84. The van der Waals surface area contributed by atoms with Gasteiger partial charge in [0, 0.05) is 56.4 Å². The smallest absolute Gasteiger partial charge is 0.264 e. The number of piperidine rings is 1. The number of piperazine rings is 1. The number of nitriles is 1. The van der Waals surface area contributed by atoms with E-state index in [1.807, 2.05) is 24.3 Å². The number of carbonyl (C=O) groups is 1. The van der Waals surface area contributed by atoms with Crippen molar-refractivity contribution in [1.82, 2.24) is 34.4 Å². The highest BCUT2D eigenvalue weighted by molar-refractivity contribution is 5.99. The summed E-state index contributed by atoms with van der Waals surface area (Å²) in [4.78, 5) is 29.0. The summed E-state index contributed by atoms with van der Waals surface area (Å²) >= 11 is 0. The van der Waals surface area contributed by atoms with Crippen molar-refractivity contribution in [2.75, 3.05) is 58.2 Å². The molecule has 49 heavy (non-hydrogen) atoms. The van der Waals surface area contributed by atoms with Crippen LogP contribution in [0.4, 0.5) is 10.2 Å². The minimum absolute atomic E-state index is 0.123. The number of halogens is 1. The number of hydrogen-bond donors (Lipinski definition) is 1. The van der Waals surface area contributed by atoms with E-state index in [1.54, 1.807) is 33.8 Å². The lowest BCUT2D eigenvalue weighted by atomic mass is 9.96. The lowest BCUT2D eigenvalue weighted by Crippen LogP contribution is -2.59. The zero-order chi connectivity index (χ0) is 34.1. The van der Waals surface area contributed by atoms with Crippen LogP contribution in [0.3, 0.4) is 0 Å². The fourth-order valence-electron chi connectivity index (χ4n) is 7.01. The molecule has 0 aliphatic carbocycles. The van der Waals surface area contributed by atoms with E-state index < -0.39 is 11.4 Å². The number of anilines is 1. The van der Waals surface area contributed by atoms with E-state index in [1.165, 1.54) is 12.4 Å². The Kier molecular flexibility index (Phi) is 9.02. The Labute approximate surface area is 284 Å². The molecule has 3 fully saturated rings. The molecule has 0 spiro atoms. The summed E-state index contributed by atoms with van der Waals surface area (Å²) in [7, 11) is 0. The van der Waals surface area contributed by atoms with Crippen molar-refractivity contribution >= 4 is 22.8 Å². The fourth-order valence-corrected chi connectivity index (χ4v) is 7.01. The van der Waals surface area contributed by atoms with Gasteiger partial charge in [0.05, 0.1) is 30.7 Å². The molecule has 13 heteroatoms. The maximum absolute atomic E-state index is 15.7. The monoisotopic (exact) mass is 665 g/mol. The van der Waals surface area contributed by atoms with Crippen LogP contribution in [0.2, 0.25) is 0 Å². The molecule has 254 valence electrons. The molecule has 3 saturated heterocycles. The number of amides is 1. The van der Waals surface area contributed by atoms with Crippen LogP contribution in [0.25, 0.3) is 22.3 Å². The van der Waals surface area contributed by atoms with Gasteiger partial charge in [0.25, 0.3) is 5.91 Å². The molecule has 3 aliphatic rings. The number of nitrogen functional groups attached to an aromatic ring is 1. The summed E-state index contributed by atoms with van der Waals surface area (Å²) in [6.45, 7) is 10.1. The summed E-state index contributed by atoms with van der Waals surface area (Å²) in [6, 6.07) is 16.2. The largest absolute Gasteiger partial charge is 0.457 e. The number of nitrogens with zero attached hydrogens (tertiary/aromatic N) is 8. The number of aromatic nitrogens is 4. The molecule has 0 radical (unpaired) electrons. The lowest BCUT2D eigenvalue weighted by Gasteiger charge is -2.46. The van der Waals surface area contributed by atoms with Crippen molar-refractivity contribution in [3.05, 3.63) is 72.3 Å². The minimum atomic E-state index is -0.534. The first-order valence-electron chi connectivity index (χ1n) is 16.7. The standard InChI is InChI=1S/C36H40FN9O3/c1-36(2,45-15-13-43(14-16-45)26-21-48-22-26)18-24(19-38)35(47)44-12-6-7-25(20-44)46-34-31(33(39)40-23-41-34)32(42-46)29-11-10-28(17-30(29)37)49-27-8-4-3-5-9-27/h3-5,8-11,17-18,23,25-26H,6-7,12-16,20-22H2,1-2H3,(H2,39,40,41)/b24-18-/t25-/m0/s1. The molecule has 0 bridgehead atoms. The number of rotatable bonds is 8. The second-order valence-electron chi connectivity index (χ2n) is 13.4. The third kappa shape index (κ3) is 6.59. The van der Waals surface area contributed by atoms with Crippen LogP contribution in [0.15, 0.2) is 66.5 Å². The summed E-state index contributed by atoms with van der Waals surface area (Å²) in [5.41, 5.74) is 6.97. The molecule has 2 N–H and O–H groups in total. The van der Waals surface area contributed by atoms with Gasteiger partial charge in [0.2, 0.25) is 0 Å². The quantitative estimate of drug-likeness (QED) is 0.213. The molecule has 2 aromatic carbocycles. The van der Waals surface area contributed by atoms with Gasteiger partial charge in [-0.15, -0.1) is 0 Å². The van der Waals surface area contributed by atoms with Crippen LogP contribution < -0.4 is 10.5 Å². The molecule has 2 aromatic heterocycles. The van der Waals surface area contributed by atoms with E-state index in [9.17, 15) is 10.1 Å². The van der Waals surface area contributed by atoms with Crippen molar-refractivity contribution in [3.8, 4) is 28.8 Å². The molecule has 0 unspecified atom stereocenters. The van der Waals surface area contributed by atoms with Gasteiger partial charge in [-0.3, -0.25) is 14.6 Å². The predicted molar refractivity (Wildman–Crippen MR) is 182 cm³/mol. The number of carbonyl (C=O) groups excluding carboxylic acids is 1. The molecule has 4 aromatic rings. The summed E-state index contributed by atoms with van der Waals surface area (Å²) in [6.07, 6.45) is 4.58. The average molecular weight is 666 g/mol. The third-order valence-corrected chi connectivity index (χ3v) is 9.84. The maximum atomic E-state index is 15.7. The molecular formula is C36H40FN9O3. The second kappa shape index (κ2) is 13.5. The normalized spacial score (nSPS) is 19.8. The zero-order valence-corrected chi connectivity index (χ0v) is 27.8. The van der Waals surface area contributed by atoms with E-state index in [4.69, 9.17) is 20.3 Å². The van der Waals surface area contributed by atoms with Gasteiger partial charge in [-0.25, -0.2) is 19.0 Å². The van der Waals surface area contributed by atoms with E-state index in [0.717, 1.165) is 39.4 Å². The number of fused-ring (bicyclic) bond motifs is 1. The zero-order valence-electron chi connectivity index (χ0n) is 27.8. The number of para-hydroxylation sites is 1. The first kappa shape index (κ1) is 32.6. The van der Waals surface area contributed by atoms with Gasteiger partial charge in [0.15, 0.2) is 5.65 Å². The number of ether oxygens (including phenoxy) is 2. The molecule has 3 aliphatic heterocycles.